The van der Waals surface area contributed by atoms with Crippen LogP contribution in [0.25, 0.3) is 11.3 Å². The maximum absolute atomic E-state index is 5.97. The van der Waals surface area contributed by atoms with Crippen LogP contribution in [0.5, 0.6) is 0 Å². The summed E-state index contributed by atoms with van der Waals surface area (Å²) in [7, 11) is 0. The molecule has 0 unspecified atom stereocenters. The predicted octanol–water partition coefficient (Wildman–Crippen LogP) is 2.97. The summed E-state index contributed by atoms with van der Waals surface area (Å²) < 4.78 is 1.91. The van der Waals surface area contributed by atoms with Crippen molar-refractivity contribution in [2.75, 3.05) is 0 Å². The Balaban J connectivity index is 2.34. The van der Waals surface area contributed by atoms with Crippen molar-refractivity contribution in [2.45, 2.75) is 33.2 Å². The van der Waals surface area contributed by atoms with Crippen LogP contribution in [0.1, 0.15) is 26.1 Å². The molecule has 0 bridgehead atoms. The average molecular weight is 251 g/mol. The van der Waals surface area contributed by atoms with Gasteiger partial charge in [-0.15, -0.1) is 0 Å². The van der Waals surface area contributed by atoms with Crippen molar-refractivity contribution in [1.82, 2.24) is 19.7 Å². The van der Waals surface area contributed by atoms with Gasteiger partial charge < -0.3 is 0 Å². The lowest BCUT2D eigenvalue weighted by Gasteiger charge is -2.01. The van der Waals surface area contributed by atoms with Crippen molar-refractivity contribution in [3.8, 4) is 11.3 Å². The van der Waals surface area contributed by atoms with Crippen molar-refractivity contribution < 1.29 is 0 Å². The SMILES string of the molecule is CCCn1cc(-c2cc(Cl)nc(CC)n2)cn1. The van der Waals surface area contributed by atoms with Gasteiger partial charge >= 0.3 is 0 Å². The van der Waals surface area contributed by atoms with Gasteiger partial charge in [0.05, 0.1) is 11.9 Å². The minimum absolute atomic E-state index is 0.482. The molecular weight excluding hydrogens is 236 g/mol. The van der Waals surface area contributed by atoms with E-state index in [1.807, 2.05) is 24.0 Å². The third-order valence-corrected chi connectivity index (χ3v) is 2.63. The van der Waals surface area contributed by atoms with Gasteiger partial charge in [-0.3, -0.25) is 4.68 Å². The van der Waals surface area contributed by atoms with Crippen LogP contribution in [0.4, 0.5) is 0 Å². The van der Waals surface area contributed by atoms with E-state index in [4.69, 9.17) is 11.6 Å². The predicted molar refractivity (Wildman–Crippen MR) is 67.9 cm³/mol. The molecule has 0 amide bonds. The lowest BCUT2D eigenvalue weighted by Crippen LogP contribution is -1.96. The van der Waals surface area contributed by atoms with Crippen LogP contribution >= 0.6 is 11.6 Å². The molecule has 0 fully saturated rings. The zero-order valence-electron chi connectivity index (χ0n) is 10.0. The molecule has 0 radical (unpaired) electrons. The lowest BCUT2D eigenvalue weighted by atomic mass is 10.2. The van der Waals surface area contributed by atoms with Gasteiger partial charge in [-0.2, -0.15) is 5.10 Å². The fourth-order valence-corrected chi connectivity index (χ4v) is 1.82. The molecule has 0 N–H and O–H groups in total. The Morgan fingerprint density at radius 1 is 1.29 bits per heavy atom. The molecule has 2 heterocycles. The minimum atomic E-state index is 0.482. The molecule has 0 aliphatic carbocycles. The van der Waals surface area contributed by atoms with Gasteiger partial charge in [-0.1, -0.05) is 25.4 Å². The number of hydrogen-bond donors (Lipinski definition) is 0. The van der Waals surface area contributed by atoms with Gasteiger partial charge in [-0.25, -0.2) is 9.97 Å². The number of rotatable bonds is 4. The van der Waals surface area contributed by atoms with E-state index in [0.717, 1.165) is 36.5 Å². The lowest BCUT2D eigenvalue weighted by molar-refractivity contribution is 0.603. The topological polar surface area (TPSA) is 43.6 Å². The van der Waals surface area contributed by atoms with E-state index < -0.39 is 0 Å². The number of nitrogens with zero attached hydrogens (tertiary/aromatic N) is 4. The zero-order chi connectivity index (χ0) is 12.3. The second-order valence-corrected chi connectivity index (χ2v) is 4.23. The maximum atomic E-state index is 5.97. The van der Waals surface area contributed by atoms with E-state index in [-0.39, 0.29) is 0 Å². The first-order chi connectivity index (χ1) is 8.22. The molecule has 0 spiro atoms. The molecule has 5 heteroatoms. The molecule has 0 saturated carbocycles. The highest BCUT2D eigenvalue weighted by Crippen LogP contribution is 2.19. The monoisotopic (exact) mass is 250 g/mol. The fourth-order valence-electron chi connectivity index (χ4n) is 1.62. The van der Waals surface area contributed by atoms with E-state index in [9.17, 15) is 0 Å². The number of hydrogen-bond acceptors (Lipinski definition) is 3. The van der Waals surface area contributed by atoms with Crippen molar-refractivity contribution in [1.29, 1.82) is 0 Å². The molecule has 2 rings (SSSR count). The van der Waals surface area contributed by atoms with Gasteiger partial charge in [0.2, 0.25) is 0 Å². The molecule has 0 aromatic carbocycles. The number of aromatic nitrogens is 4. The van der Waals surface area contributed by atoms with Crippen molar-refractivity contribution in [2.24, 2.45) is 0 Å². The number of halogens is 1. The zero-order valence-corrected chi connectivity index (χ0v) is 10.8. The first-order valence-electron chi connectivity index (χ1n) is 5.79. The second kappa shape index (κ2) is 5.27. The van der Waals surface area contributed by atoms with Crippen LogP contribution in [0, 0.1) is 0 Å². The summed E-state index contributed by atoms with van der Waals surface area (Å²) in [6.45, 7) is 5.05. The Labute approximate surface area is 106 Å². The molecule has 0 aliphatic rings. The minimum Gasteiger partial charge on any atom is -0.272 e. The van der Waals surface area contributed by atoms with Gasteiger partial charge in [0.15, 0.2) is 0 Å². The summed E-state index contributed by atoms with van der Waals surface area (Å²) in [6, 6.07) is 1.77. The Hall–Kier alpha value is -1.42. The number of aryl methyl sites for hydroxylation is 2. The van der Waals surface area contributed by atoms with Crippen LogP contribution in [0.3, 0.4) is 0 Å². The molecule has 2 aromatic heterocycles. The molecular formula is C12H15ClN4. The molecule has 0 aliphatic heterocycles. The molecule has 90 valence electrons. The highest BCUT2D eigenvalue weighted by Gasteiger charge is 2.06. The maximum Gasteiger partial charge on any atom is 0.133 e. The summed E-state index contributed by atoms with van der Waals surface area (Å²) in [5.41, 5.74) is 1.82. The fraction of sp³-hybridized carbons (Fsp3) is 0.417. The Kier molecular flexibility index (Phi) is 3.74. The van der Waals surface area contributed by atoms with Crippen LogP contribution in [0.2, 0.25) is 5.15 Å². The normalized spacial score (nSPS) is 10.8. The first kappa shape index (κ1) is 12.0. The summed E-state index contributed by atoms with van der Waals surface area (Å²) >= 11 is 5.97. The Morgan fingerprint density at radius 3 is 2.82 bits per heavy atom. The summed E-state index contributed by atoms with van der Waals surface area (Å²) in [5.74, 6) is 0.760. The van der Waals surface area contributed by atoms with E-state index >= 15 is 0 Å². The van der Waals surface area contributed by atoms with E-state index in [1.54, 1.807) is 6.07 Å². The van der Waals surface area contributed by atoms with Gasteiger partial charge in [0.1, 0.15) is 11.0 Å². The molecule has 0 atom stereocenters. The summed E-state index contributed by atoms with van der Waals surface area (Å²) in [4.78, 5) is 8.59. The molecule has 2 aromatic rings. The van der Waals surface area contributed by atoms with Crippen molar-refractivity contribution in [3.63, 3.8) is 0 Å². The van der Waals surface area contributed by atoms with Gasteiger partial charge in [-0.05, 0) is 6.42 Å². The molecule has 17 heavy (non-hydrogen) atoms. The van der Waals surface area contributed by atoms with Gasteiger partial charge in [0.25, 0.3) is 0 Å². The summed E-state index contributed by atoms with van der Waals surface area (Å²) in [6.07, 6.45) is 5.64. The van der Waals surface area contributed by atoms with Crippen LogP contribution in [-0.4, -0.2) is 19.7 Å². The largest absolute Gasteiger partial charge is 0.272 e. The first-order valence-corrected chi connectivity index (χ1v) is 6.17. The quantitative estimate of drug-likeness (QED) is 0.784. The second-order valence-electron chi connectivity index (χ2n) is 3.84. The van der Waals surface area contributed by atoms with E-state index in [2.05, 4.69) is 22.0 Å². The highest BCUT2D eigenvalue weighted by atomic mass is 35.5. The standard InChI is InChI=1S/C12H15ClN4/c1-3-5-17-8-9(7-14-17)10-6-11(13)16-12(4-2)15-10/h6-8H,3-5H2,1-2H3. The Bertz CT molecular complexity index is 507. The molecule has 0 saturated heterocycles. The third kappa shape index (κ3) is 2.82. The smallest absolute Gasteiger partial charge is 0.133 e. The van der Waals surface area contributed by atoms with Gasteiger partial charge in [0, 0.05) is 30.8 Å². The third-order valence-electron chi connectivity index (χ3n) is 2.44. The van der Waals surface area contributed by atoms with Crippen molar-refractivity contribution >= 4 is 11.6 Å². The Morgan fingerprint density at radius 2 is 2.12 bits per heavy atom. The van der Waals surface area contributed by atoms with Crippen LogP contribution in [-0.2, 0) is 13.0 Å². The van der Waals surface area contributed by atoms with Crippen molar-refractivity contribution in [3.05, 3.63) is 29.4 Å². The van der Waals surface area contributed by atoms with Crippen LogP contribution in [0.15, 0.2) is 18.5 Å². The average Bonchev–Trinajstić information content (AvgIpc) is 2.77. The van der Waals surface area contributed by atoms with E-state index in [0.29, 0.717) is 5.15 Å². The van der Waals surface area contributed by atoms with E-state index in [1.165, 1.54) is 0 Å². The van der Waals surface area contributed by atoms with Crippen LogP contribution < -0.4 is 0 Å². The molecule has 4 nitrogen and oxygen atoms in total. The highest BCUT2D eigenvalue weighted by molar-refractivity contribution is 6.29. The summed E-state index contributed by atoms with van der Waals surface area (Å²) in [5, 5.41) is 4.76.